The lowest BCUT2D eigenvalue weighted by molar-refractivity contribution is 1.76. The van der Waals surface area contributed by atoms with E-state index in [2.05, 4.69) is 12.2 Å². The van der Waals surface area contributed by atoms with Gasteiger partial charge in [0.05, 0.1) is 0 Å². The summed E-state index contributed by atoms with van der Waals surface area (Å²) in [6.07, 6.45) is 4.38. The van der Waals surface area contributed by atoms with E-state index in [0.29, 0.717) is 0 Å². The molecule has 0 amide bonds. The molecule has 0 rings (SSSR count). The van der Waals surface area contributed by atoms with E-state index < -0.39 is 0 Å². The Balaban J connectivity index is 0. The molecular formula is C3H7N. The second-order valence-corrected chi connectivity index (χ2v) is 0.167. The Kier molecular flexibility index (Phi) is 85.2. The molecule has 0 heterocycles. The molecule has 0 saturated heterocycles. The van der Waals surface area contributed by atoms with Gasteiger partial charge in [-0.2, -0.15) is 0 Å². The summed E-state index contributed by atoms with van der Waals surface area (Å²) in [5.74, 6) is 0. The zero-order chi connectivity index (χ0) is 2.71. The lowest BCUT2D eigenvalue weighted by Crippen LogP contribution is -1.69. The number of rotatable bonds is 0. The Hall–Kier alpha value is -0.640. The van der Waals surface area contributed by atoms with Crippen LogP contribution in [0.1, 0.15) is 7.43 Å². The highest BCUT2D eigenvalue weighted by atomic mass is 14.4. The summed E-state index contributed by atoms with van der Waals surface area (Å²) in [6.45, 7) is 0. The highest BCUT2D eigenvalue weighted by Crippen LogP contribution is 0.897. The van der Waals surface area contributed by atoms with Crippen LogP contribution in [0.25, 0.3) is 0 Å². The van der Waals surface area contributed by atoms with Crippen molar-refractivity contribution in [2.75, 3.05) is 0 Å². The number of hydrogen-bond acceptors (Lipinski definition) is 1. The Morgan fingerprint density at radius 2 is 1.75 bits per heavy atom. The van der Waals surface area contributed by atoms with E-state index in [0.717, 1.165) is 0 Å². The highest BCUT2D eigenvalue weighted by molar-refractivity contribution is 4.71. The van der Waals surface area contributed by atoms with Crippen LogP contribution in [0.3, 0.4) is 0 Å². The second kappa shape index (κ2) is 33.7. The molecular weight excluding hydrogens is 50.0 g/mol. The first kappa shape index (κ1) is 10.1. The first-order valence-corrected chi connectivity index (χ1v) is 0.577. The highest BCUT2D eigenvalue weighted by Gasteiger charge is 1.02. The van der Waals surface area contributed by atoms with Crippen molar-refractivity contribution in [2.24, 2.45) is 5.73 Å². The Morgan fingerprint density at radius 1 is 1.75 bits per heavy atom. The summed E-state index contributed by atoms with van der Waals surface area (Å²) in [4.78, 5) is 0. The van der Waals surface area contributed by atoms with E-state index in [1.54, 1.807) is 6.04 Å². The molecule has 0 spiro atoms. The van der Waals surface area contributed by atoms with E-state index >= 15 is 0 Å². The van der Waals surface area contributed by atoms with Gasteiger partial charge in [0.25, 0.3) is 0 Å². The van der Waals surface area contributed by atoms with E-state index in [9.17, 15) is 0 Å². The monoisotopic (exact) mass is 57.1 g/mol. The van der Waals surface area contributed by atoms with Crippen LogP contribution >= 0.6 is 0 Å². The third-order valence-corrected chi connectivity index (χ3v) is 0. The molecule has 0 aromatic heterocycles. The lowest BCUT2D eigenvalue weighted by Gasteiger charge is -1.32. The van der Waals surface area contributed by atoms with Gasteiger partial charge >= 0.3 is 0 Å². The topological polar surface area (TPSA) is 26.0 Å². The van der Waals surface area contributed by atoms with Gasteiger partial charge in [-0.25, -0.2) is 0 Å². The SMILES string of the molecule is C.C#CN. The van der Waals surface area contributed by atoms with Gasteiger partial charge in [-0.05, 0) is 6.04 Å². The fraction of sp³-hybridized carbons (Fsp3) is 0.333. The molecule has 0 atom stereocenters. The minimum absolute atomic E-state index is 0. The largest absolute Gasteiger partial charge is 0.360 e. The average molecular weight is 57.1 g/mol. The van der Waals surface area contributed by atoms with Crippen LogP contribution in [0, 0.1) is 12.5 Å². The third kappa shape index (κ3) is 0.430. The standard InChI is InChI=1S/C2H3N.CH4/c1-2-3;/h1H,3H2;1H4. The molecule has 1 heteroatoms. The van der Waals surface area contributed by atoms with Crippen molar-refractivity contribution in [1.29, 1.82) is 0 Å². The van der Waals surface area contributed by atoms with Crippen LogP contribution in [-0.4, -0.2) is 0 Å². The van der Waals surface area contributed by atoms with Gasteiger partial charge in [-0.3, -0.25) is 0 Å². The Labute approximate surface area is 26.8 Å². The van der Waals surface area contributed by atoms with Gasteiger partial charge in [-0.1, -0.05) is 13.9 Å². The summed E-state index contributed by atoms with van der Waals surface area (Å²) >= 11 is 0. The molecule has 0 aliphatic rings. The summed E-state index contributed by atoms with van der Waals surface area (Å²) in [6, 6.07) is 1.75. The summed E-state index contributed by atoms with van der Waals surface area (Å²) in [5.41, 5.74) is 4.38. The van der Waals surface area contributed by atoms with Crippen LogP contribution < -0.4 is 5.73 Å². The van der Waals surface area contributed by atoms with E-state index in [-0.39, 0.29) is 7.43 Å². The molecule has 2 N–H and O–H groups in total. The van der Waals surface area contributed by atoms with E-state index in [1.165, 1.54) is 0 Å². The van der Waals surface area contributed by atoms with Crippen LogP contribution in [0.5, 0.6) is 0 Å². The van der Waals surface area contributed by atoms with Gasteiger partial charge < -0.3 is 5.73 Å². The maximum absolute atomic E-state index is 4.38. The maximum atomic E-state index is 4.38. The summed E-state index contributed by atoms with van der Waals surface area (Å²) < 4.78 is 0. The Morgan fingerprint density at radius 3 is 1.75 bits per heavy atom. The molecule has 0 aliphatic heterocycles. The molecule has 1 nitrogen and oxygen atoms in total. The van der Waals surface area contributed by atoms with Gasteiger partial charge in [0.2, 0.25) is 0 Å². The minimum atomic E-state index is 0. The van der Waals surface area contributed by atoms with Crippen molar-refractivity contribution in [3.8, 4) is 12.5 Å². The predicted molar refractivity (Wildman–Crippen MR) is 19.8 cm³/mol. The third-order valence-electron chi connectivity index (χ3n) is 0. The molecule has 0 radical (unpaired) electrons. The van der Waals surface area contributed by atoms with Crippen molar-refractivity contribution in [1.82, 2.24) is 0 Å². The second-order valence-electron chi connectivity index (χ2n) is 0.167. The van der Waals surface area contributed by atoms with Crippen molar-refractivity contribution in [2.45, 2.75) is 7.43 Å². The minimum Gasteiger partial charge on any atom is -0.360 e. The van der Waals surface area contributed by atoms with Crippen molar-refractivity contribution >= 4 is 0 Å². The number of hydrogen-bond donors (Lipinski definition) is 1. The van der Waals surface area contributed by atoms with Gasteiger partial charge in [0, 0.05) is 0 Å². The van der Waals surface area contributed by atoms with Crippen molar-refractivity contribution < 1.29 is 0 Å². The first-order valence-electron chi connectivity index (χ1n) is 0.577. The van der Waals surface area contributed by atoms with E-state index in [1.807, 2.05) is 0 Å². The normalized spacial score (nSPS) is 1.75. The fourth-order valence-electron chi connectivity index (χ4n) is 0. The van der Waals surface area contributed by atoms with Gasteiger partial charge in [-0.15, -0.1) is 0 Å². The van der Waals surface area contributed by atoms with E-state index in [4.69, 9.17) is 0 Å². The molecule has 0 aromatic rings. The zero-order valence-electron chi connectivity index (χ0n) is 1.65. The molecule has 0 unspecified atom stereocenters. The number of terminal acetylenes is 1. The van der Waals surface area contributed by atoms with Crippen molar-refractivity contribution in [3.05, 3.63) is 0 Å². The summed E-state index contributed by atoms with van der Waals surface area (Å²) in [7, 11) is 0. The zero-order valence-corrected chi connectivity index (χ0v) is 1.65. The molecule has 0 saturated carbocycles. The predicted octanol–water partition coefficient (Wildman–Crippen LogP) is 0.172. The van der Waals surface area contributed by atoms with Gasteiger partial charge in [0.1, 0.15) is 0 Å². The smallest absolute Gasteiger partial charge is 0.00200 e. The quantitative estimate of drug-likeness (QED) is 0.311. The Bertz CT molecular complexity index is 24.8. The molecule has 0 fully saturated rings. The van der Waals surface area contributed by atoms with Crippen LogP contribution in [0.15, 0.2) is 0 Å². The van der Waals surface area contributed by atoms with Crippen LogP contribution in [0.2, 0.25) is 0 Å². The maximum Gasteiger partial charge on any atom is -0.00200 e. The fourth-order valence-corrected chi connectivity index (χ4v) is 0. The lowest BCUT2D eigenvalue weighted by atomic mass is 11.2. The number of nitrogens with two attached hydrogens (primary N) is 1. The van der Waals surface area contributed by atoms with Gasteiger partial charge in [0.15, 0.2) is 0 Å². The molecule has 0 bridgehead atoms. The molecule has 0 aromatic carbocycles. The van der Waals surface area contributed by atoms with Crippen molar-refractivity contribution in [3.63, 3.8) is 0 Å². The van der Waals surface area contributed by atoms with Crippen LogP contribution in [0.4, 0.5) is 0 Å². The molecule has 0 aliphatic carbocycles. The summed E-state index contributed by atoms with van der Waals surface area (Å²) in [5, 5.41) is 0. The molecule has 4 heavy (non-hydrogen) atoms. The van der Waals surface area contributed by atoms with Crippen LogP contribution in [-0.2, 0) is 0 Å². The average Bonchev–Trinajstić information content (AvgIpc) is 0.918. The molecule has 24 valence electrons. The first-order chi connectivity index (χ1) is 1.41.